The smallest absolute Gasteiger partial charge is 0.101 e. The lowest BCUT2D eigenvalue weighted by Gasteiger charge is -2.05. The van der Waals surface area contributed by atoms with Crippen LogP contribution in [0.25, 0.3) is 0 Å². The van der Waals surface area contributed by atoms with Gasteiger partial charge in [0.05, 0.1) is 6.67 Å². The van der Waals surface area contributed by atoms with E-state index in [0.29, 0.717) is 32.2 Å². The summed E-state index contributed by atoms with van der Waals surface area (Å²) in [6.45, 7) is 0.384. The van der Waals surface area contributed by atoms with Crippen molar-refractivity contribution in [3.05, 3.63) is 0 Å². The lowest BCUT2D eigenvalue weighted by atomic mass is 10.1. The molecule has 0 saturated carbocycles. The molecule has 0 aromatic heterocycles. The monoisotopic (exact) mass is 165 g/mol. The van der Waals surface area contributed by atoms with Crippen LogP contribution in [-0.4, -0.2) is 26.4 Å². The van der Waals surface area contributed by atoms with E-state index in [9.17, 15) is 8.78 Å². The van der Waals surface area contributed by atoms with E-state index in [-0.39, 0.29) is 6.67 Å². The fourth-order valence-corrected chi connectivity index (χ4v) is 0.906. The quantitative estimate of drug-likeness (QED) is 0.569. The Kier molecular flexibility index (Phi) is 7.79. The van der Waals surface area contributed by atoms with Crippen molar-refractivity contribution in [1.82, 2.24) is 5.32 Å². The van der Waals surface area contributed by atoms with E-state index in [1.165, 1.54) is 0 Å². The Morgan fingerprint density at radius 2 is 2.00 bits per heavy atom. The molecule has 0 aliphatic carbocycles. The summed E-state index contributed by atoms with van der Waals surface area (Å²) in [5.74, 6) is 0. The highest BCUT2D eigenvalue weighted by molar-refractivity contribution is 4.57. The molecule has 1 nitrogen and oxygen atoms in total. The molecule has 3 heteroatoms. The summed E-state index contributed by atoms with van der Waals surface area (Å²) in [5.41, 5.74) is 0. The molecule has 0 aromatic carbocycles. The second kappa shape index (κ2) is 7.92. The maximum atomic E-state index is 12.8. The number of unbranched alkanes of at least 4 members (excludes halogenated alkanes) is 1. The zero-order valence-corrected chi connectivity index (χ0v) is 7.08. The topological polar surface area (TPSA) is 12.0 Å². The van der Waals surface area contributed by atoms with E-state index in [0.717, 1.165) is 0 Å². The molecule has 0 radical (unpaired) electrons. The van der Waals surface area contributed by atoms with Crippen molar-refractivity contribution < 1.29 is 8.78 Å². The first-order valence-corrected chi connectivity index (χ1v) is 4.16. The van der Waals surface area contributed by atoms with Crippen LogP contribution in [0.15, 0.2) is 0 Å². The minimum Gasteiger partial charge on any atom is -0.320 e. The third-order valence-corrected chi connectivity index (χ3v) is 1.61. The molecule has 0 aliphatic rings. The van der Waals surface area contributed by atoms with Crippen molar-refractivity contribution in [2.45, 2.75) is 31.9 Å². The predicted molar refractivity (Wildman–Crippen MR) is 43.3 cm³/mol. The molecular formula is C8H17F2N. The van der Waals surface area contributed by atoms with Crippen LogP contribution in [-0.2, 0) is 0 Å². The first-order chi connectivity index (χ1) is 5.31. The first kappa shape index (κ1) is 10.8. The van der Waals surface area contributed by atoms with Gasteiger partial charge in [-0.1, -0.05) is 0 Å². The summed E-state index contributed by atoms with van der Waals surface area (Å²) in [5, 5.41) is 2.87. The van der Waals surface area contributed by atoms with E-state index in [4.69, 9.17) is 0 Å². The number of alkyl halides is 2. The van der Waals surface area contributed by atoms with Gasteiger partial charge in [0, 0.05) is 0 Å². The Bertz CT molecular complexity index is 78.5. The van der Waals surface area contributed by atoms with Gasteiger partial charge in [0.15, 0.2) is 0 Å². The molecule has 0 amide bonds. The SMILES string of the molecule is CNCCC(F)CCCCF. The van der Waals surface area contributed by atoms with Gasteiger partial charge in [-0.25, -0.2) is 4.39 Å². The highest BCUT2D eigenvalue weighted by Gasteiger charge is 2.04. The molecule has 0 bridgehead atoms. The molecule has 0 aliphatic heterocycles. The largest absolute Gasteiger partial charge is 0.320 e. The summed E-state index contributed by atoms with van der Waals surface area (Å²) >= 11 is 0. The molecule has 0 rings (SSSR count). The van der Waals surface area contributed by atoms with Gasteiger partial charge in [0.25, 0.3) is 0 Å². The normalized spacial score (nSPS) is 13.4. The van der Waals surface area contributed by atoms with Crippen molar-refractivity contribution in [2.75, 3.05) is 20.3 Å². The highest BCUT2D eigenvalue weighted by Crippen LogP contribution is 2.07. The third kappa shape index (κ3) is 7.72. The van der Waals surface area contributed by atoms with Crippen LogP contribution in [0.2, 0.25) is 0 Å². The molecule has 1 N–H and O–H groups in total. The highest BCUT2D eigenvalue weighted by atomic mass is 19.1. The molecular weight excluding hydrogens is 148 g/mol. The fraction of sp³-hybridized carbons (Fsp3) is 1.00. The van der Waals surface area contributed by atoms with Gasteiger partial charge in [-0.2, -0.15) is 0 Å². The lowest BCUT2D eigenvalue weighted by Crippen LogP contribution is -2.13. The molecule has 0 fully saturated rings. The molecule has 0 spiro atoms. The van der Waals surface area contributed by atoms with Crippen LogP contribution >= 0.6 is 0 Å². The number of rotatable bonds is 7. The van der Waals surface area contributed by atoms with Crippen LogP contribution in [0.1, 0.15) is 25.7 Å². The molecule has 0 aromatic rings. The maximum Gasteiger partial charge on any atom is 0.101 e. The molecule has 68 valence electrons. The van der Waals surface area contributed by atoms with E-state index < -0.39 is 6.17 Å². The van der Waals surface area contributed by atoms with Gasteiger partial charge < -0.3 is 5.32 Å². The van der Waals surface area contributed by atoms with E-state index in [1.54, 1.807) is 7.05 Å². The Morgan fingerprint density at radius 1 is 1.27 bits per heavy atom. The van der Waals surface area contributed by atoms with Gasteiger partial charge in [-0.15, -0.1) is 0 Å². The minimum atomic E-state index is -0.756. The average Bonchev–Trinajstić information content (AvgIpc) is 2.01. The third-order valence-electron chi connectivity index (χ3n) is 1.61. The Morgan fingerprint density at radius 3 is 2.55 bits per heavy atom. The van der Waals surface area contributed by atoms with Crippen molar-refractivity contribution in [1.29, 1.82) is 0 Å². The molecule has 1 atom stereocenters. The molecule has 11 heavy (non-hydrogen) atoms. The van der Waals surface area contributed by atoms with E-state index in [2.05, 4.69) is 5.32 Å². The summed E-state index contributed by atoms with van der Waals surface area (Å²) < 4.78 is 24.3. The summed E-state index contributed by atoms with van der Waals surface area (Å²) in [6, 6.07) is 0. The standard InChI is InChI=1S/C8H17F2N/c1-11-7-5-8(10)4-2-3-6-9/h8,11H,2-7H2,1H3. The van der Waals surface area contributed by atoms with Gasteiger partial charge in [0.1, 0.15) is 6.17 Å². The Balaban J connectivity index is 3.02. The second-order valence-corrected chi connectivity index (χ2v) is 2.67. The van der Waals surface area contributed by atoms with Gasteiger partial charge in [0.2, 0.25) is 0 Å². The van der Waals surface area contributed by atoms with Crippen LogP contribution in [0.5, 0.6) is 0 Å². The van der Waals surface area contributed by atoms with E-state index >= 15 is 0 Å². The zero-order valence-electron chi connectivity index (χ0n) is 7.08. The van der Waals surface area contributed by atoms with Gasteiger partial charge in [-0.3, -0.25) is 4.39 Å². The lowest BCUT2D eigenvalue weighted by molar-refractivity contribution is 0.283. The average molecular weight is 165 g/mol. The van der Waals surface area contributed by atoms with Crippen LogP contribution in [0.3, 0.4) is 0 Å². The summed E-state index contributed by atoms with van der Waals surface area (Å²) in [4.78, 5) is 0. The molecule has 0 heterocycles. The van der Waals surface area contributed by atoms with Crippen LogP contribution < -0.4 is 5.32 Å². The number of hydrogen-bond donors (Lipinski definition) is 1. The minimum absolute atomic E-state index is 0.321. The second-order valence-electron chi connectivity index (χ2n) is 2.67. The summed E-state index contributed by atoms with van der Waals surface area (Å²) in [6.07, 6.45) is 1.46. The Hall–Kier alpha value is -0.180. The van der Waals surface area contributed by atoms with Gasteiger partial charge in [-0.05, 0) is 39.3 Å². The fourth-order valence-electron chi connectivity index (χ4n) is 0.906. The van der Waals surface area contributed by atoms with E-state index in [1.807, 2.05) is 0 Å². The number of nitrogens with one attached hydrogen (secondary N) is 1. The zero-order chi connectivity index (χ0) is 8.53. The van der Waals surface area contributed by atoms with Gasteiger partial charge >= 0.3 is 0 Å². The maximum absolute atomic E-state index is 12.8. The Labute approximate surface area is 67.2 Å². The molecule has 1 unspecified atom stereocenters. The van der Waals surface area contributed by atoms with Crippen molar-refractivity contribution in [3.63, 3.8) is 0 Å². The predicted octanol–water partition coefficient (Wildman–Crippen LogP) is 2.07. The summed E-state index contributed by atoms with van der Waals surface area (Å²) in [7, 11) is 1.80. The number of hydrogen-bond acceptors (Lipinski definition) is 1. The first-order valence-electron chi connectivity index (χ1n) is 4.16. The van der Waals surface area contributed by atoms with Crippen molar-refractivity contribution >= 4 is 0 Å². The molecule has 0 saturated heterocycles. The number of halogens is 2. The van der Waals surface area contributed by atoms with Crippen LogP contribution in [0, 0.1) is 0 Å². The van der Waals surface area contributed by atoms with Crippen molar-refractivity contribution in [3.8, 4) is 0 Å². The van der Waals surface area contributed by atoms with Crippen molar-refractivity contribution in [2.24, 2.45) is 0 Å². The van der Waals surface area contributed by atoms with Crippen LogP contribution in [0.4, 0.5) is 8.78 Å².